The van der Waals surface area contributed by atoms with Gasteiger partial charge in [-0.15, -0.1) is 0 Å². The van der Waals surface area contributed by atoms with Gasteiger partial charge in [-0.1, -0.05) is 31.2 Å². The number of likely N-dealkylation sites (tertiary alicyclic amines) is 1. The molecule has 4 nitrogen and oxygen atoms in total. The van der Waals surface area contributed by atoms with Crippen LogP contribution in [0.4, 0.5) is 5.69 Å². The highest BCUT2D eigenvalue weighted by Gasteiger charge is 2.11. The zero-order chi connectivity index (χ0) is 18.2. The van der Waals surface area contributed by atoms with Crippen LogP contribution < -0.4 is 10.1 Å². The third-order valence-corrected chi connectivity index (χ3v) is 4.52. The first-order valence-corrected chi connectivity index (χ1v) is 9.21. The fraction of sp³-hybridized carbons (Fsp3) is 0.318. The number of carbonyl (C=O) groups excluding carboxylic acids is 1. The van der Waals surface area contributed by atoms with Crippen LogP contribution in [-0.4, -0.2) is 30.5 Å². The van der Waals surface area contributed by atoms with Crippen LogP contribution in [0.3, 0.4) is 0 Å². The van der Waals surface area contributed by atoms with Crippen LogP contribution in [0.5, 0.6) is 5.75 Å². The summed E-state index contributed by atoms with van der Waals surface area (Å²) in [6, 6.07) is 15.2. The van der Waals surface area contributed by atoms with Gasteiger partial charge in [0.15, 0.2) is 0 Å². The maximum absolute atomic E-state index is 12.5. The minimum Gasteiger partial charge on any atom is -0.490 e. The zero-order valence-corrected chi connectivity index (χ0v) is 15.1. The number of benzene rings is 2. The predicted molar refractivity (Wildman–Crippen MR) is 106 cm³/mol. The van der Waals surface area contributed by atoms with Crippen LogP contribution in [0, 0.1) is 0 Å². The van der Waals surface area contributed by atoms with Crippen LogP contribution in [-0.2, 0) is 6.54 Å². The molecule has 3 rings (SSSR count). The lowest BCUT2D eigenvalue weighted by Crippen LogP contribution is -2.29. The Morgan fingerprint density at radius 2 is 1.88 bits per heavy atom. The number of rotatable bonds is 7. The number of ether oxygens (including phenoxy) is 1. The van der Waals surface area contributed by atoms with E-state index >= 15 is 0 Å². The lowest BCUT2D eigenvalue weighted by molar-refractivity contribution is 0.102. The topological polar surface area (TPSA) is 41.6 Å². The molecule has 1 N–H and O–H groups in total. The molecule has 1 heterocycles. The average molecular weight is 350 g/mol. The average Bonchev–Trinajstić information content (AvgIpc) is 2.68. The molecule has 0 spiro atoms. The molecule has 1 saturated heterocycles. The fourth-order valence-corrected chi connectivity index (χ4v) is 3.18. The van der Waals surface area contributed by atoms with Crippen LogP contribution in [0.1, 0.15) is 35.2 Å². The van der Waals surface area contributed by atoms with Gasteiger partial charge in [0, 0.05) is 17.8 Å². The molecular formula is C22H26N2O2. The quantitative estimate of drug-likeness (QED) is 0.748. The van der Waals surface area contributed by atoms with Gasteiger partial charge in [-0.25, -0.2) is 0 Å². The summed E-state index contributed by atoms with van der Waals surface area (Å²) in [6.07, 6.45) is 5.59. The van der Waals surface area contributed by atoms with Crippen LogP contribution in [0.15, 0.2) is 61.2 Å². The second-order valence-corrected chi connectivity index (χ2v) is 6.62. The number of hydrogen-bond acceptors (Lipinski definition) is 3. The van der Waals surface area contributed by atoms with E-state index in [9.17, 15) is 4.79 Å². The highest BCUT2D eigenvalue weighted by atomic mass is 16.5. The van der Waals surface area contributed by atoms with Crippen molar-refractivity contribution >= 4 is 11.6 Å². The zero-order valence-electron chi connectivity index (χ0n) is 15.1. The van der Waals surface area contributed by atoms with E-state index in [2.05, 4.69) is 28.9 Å². The first-order chi connectivity index (χ1) is 12.7. The Morgan fingerprint density at radius 1 is 1.12 bits per heavy atom. The third kappa shape index (κ3) is 5.20. The first kappa shape index (κ1) is 18.2. The number of piperidine rings is 1. The molecule has 0 saturated carbocycles. The van der Waals surface area contributed by atoms with E-state index < -0.39 is 0 Å². The largest absolute Gasteiger partial charge is 0.490 e. The Bertz CT molecular complexity index is 734. The highest BCUT2D eigenvalue weighted by molar-refractivity contribution is 6.04. The minimum absolute atomic E-state index is 0.115. The number of nitrogens with one attached hydrogen (secondary N) is 1. The van der Waals surface area contributed by atoms with Gasteiger partial charge in [0.05, 0.1) is 0 Å². The van der Waals surface area contributed by atoms with E-state index in [0.29, 0.717) is 12.2 Å². The highest BCUT2D eigenvalue weighted by Crippen LogP contribution is 2.18. The Labute approximate surface area is 155 Å². The molecule has 0 aliphatic carbocycles. The standard InChI is InChI=1S/C22H26N2O2/c1-2-15-26-21-11-9-19(10-12-21)22(25)23-20-8-6-7-18(16-20)17-24-13-4-3-5-14-24/h2,6-12,16H,1,3-5,13-15,17H2,(H,23,25). The first-order valence-electron chi connectivity index (χ1n) is 9.21. The molecule has 0 bridgehead atoms. The molecular weight excluding hydrogens is 324 g/mol. The Morgan fingerprint density at radius 3 is 2.62 bits per heavy atom. The second-order valence-electron chi connectivity index (χ2n) is 6.62. The van der Waals surface area contributed by atoms with Crippen molar-refractivity contribution in [3.05, 3.63) is 72.3 Å². The summed E-state index contributed by atoms with van der Waals surface area (Å²) in [6.45, 7) is 7.34. The van der Waals surface area contributed by atoms with Crippen molar-refractivity contribution < 1.29 is 9.53 Å². The summed E-state index contributed by atoms with van der Waals surface area (Å²) in [5.74, 6) is 0.611. The van der Waals surface area contributed by atoms with Gasteiger partial charge in [-0.2, -0.15) is 0 Å². The molecule has 0 unspecified atom stereocenters. The van der Waals surface area contributed by atoms with E-state index in [1.165, 1.54) is 24.8 Å². The number of anilines is 1. The minimum atomic E-state index is -0.115. The van der Waals surface area contributed by atoms with Crippen molar-refractivity contribution in [3.8, 4) is 5.75 Å². The van der Waals surface area contributed by atoms with Gasteiger partial charge in [0.25, 0.3) is 5.91 Å². The van der Waals surface area contributed by atoms with Crippen LogP contribution in [0.2, 0.25) is 0 Å². The molecule has 0 radical (unpaired) electrons. The predicted octanol–water partition coefficient (Wildman–Crippen LogP) is 4.49. The Kier molecular flexibility index (Phi) is 6.45. The van der Waals surface area contributed by atoms with E-state index in [4.69, 9.17) is 4.74 Å². The van der Waals surface area contributed by atoms with Crippen molar-refractivity contribution in [2.24, 2.45) is 0 Å². The molecule has 2 aromatic carbocycles. The second kappa shape index (κ2) is 9.20. The summed E-state index contributed by atoms with van der Waals surface area (Å²) in [4.78, 5) is 14.9. The van der Waals surface area contributed by atoms with Gasteiger partial charge < -0.3 is 10.1 Å². The summed E-state index contributed by atoms with van der Waals surface area (Å²) < 4.78 is 5.44. The van der Waals surface area contributed by atoms with E-state index in [1.54, 1.807) is 30.3 Å². The normalized spacial score (nSPS) is 14.6. The summed E-state index contributed by atoms with van der Waals surface area (Å²) in [5, 5.41) is 2.98. The number of carbonyl (C=O) groups is 1. The van der Waals surface area contributed by atoms with Gasteiger partial charge in [-0.05, 0) is 67.9 Å². The lowest BCUT2D eigenvalue weighted by Gasteiger charge is -2.26. The maximum Gasteiger partial charge on any atom is 0.255 e. The molecule has 1 aliphatic rings. The molecule has 136 valence electrons. The van der Waals surface area contributed by atoms with Gasteiger partial charge in [-0.3, -0.25) is 9.69 Å². The molecule has 4 heteroatoms. The third-order valence-electron chi connectivity index (χ3n) is 4.52. The molecule has 1 fully saturated rings. The molecule has 0 aromatic heterocycles. The lowest BCUT2D eigenvalue weighted by atomic mass is 10.1. The smallest absolute Gasteiger partial charge is 0.255 e. The Balaban J connectivity index is 1.59. The molecule has 1 aliphatic heterocycles. The van der Waals surface area contributed by atoms with Crippen molar-refractivity contribution in [3.63, 3.8) is 0 Å². The van der Waals surface area contributed by atoms with E-state index in [0.717, 1.165) is 31.1 Å². The van der Waals surface area contributed by atoms with Gasteiger partial charge in [0.1, 0.15) is 12.4 Å². The monoisotopic (exact) mass is 350 g/mol. The van der Waals surface area contributed by atoms with Gasteiger partial charge in [0.2, 0.25) is 0 Å². The summed E-state index contributed by atoms with van der Waals surface area (Å²) in [5.41, 5.74) is 2.67. The van der Waals surface area contributed by atoms with Crippen LogP contribution in [0.25, 0.3) is 0 Å². The fourth-order valence-electron chi connectivity index (χ4n) is 3.18. The van der Waals surface area contributed by atoms with E-state index in [-0.39, 0.29) is 5.91 Å². The van der Waals surface area contributed by atoms with E-state index in [1.807, 2.05) is 12.1 Å². The van der Waals surface area contributed by atoms with Crippen LogP contribution >= 0.6 is 0 Å². The van der Waals surface area contributed by atoms with Crippen molar-refractivity contribution in [2.75, 3.05) is 25.0 Å². The molecule has 1 amide bonds. The van der Waals surface area contributed by atoms with Gasteiger partial charge >= 0.3 is 0 Å². The molecule has 0 atom stereocenters. The molecule has 2 aromatic rings. The van der Waals surface area contributed by atoms with Crippen molar-refractivity contribution in [2.45, 2.75) is 25.8 Å². The van der Waals surface area contributed by atoms with Crippen molar-refractivity contribution in [1.29, 1.82) is 0 Å². The summed E-state index contributed by atoms with van der Waals surface area (Å²) in [7, 11) is 0. The number of hydrogen-bond donors (Lipinski definition) is 1. The van der Waals surface area contributed by atoms with Crippen molar-refractivity contribution in [1.82, 2.24) is 4.90 Å². The Hall–Kier alpha value is -2.59. The molecule has 26 heavy (non-hydrogen) atoms. The maximum atomic E-state index is 12.5. The summed E-state index contributed by atoms with van der Waals surface area (Å²) >= 11 is 0. The SMILES string of the molecule is C=CCOc1ccc(C(=O)Nc2cccc(CN3CCCCC3)c2)cc1. The number of nitrogens with zero attached hydrogens (tertiary/aromatic N) is 1. The number of amides is 1.